The van der Waals surface area contributed by atoms with Crippen LogP contribution >= 0.6 is 0 Å². The number of hydrogen-bond acceptors (Lipinski definition) is 2. The van der Waals surface area contributed by atoms with E-state index in [2.05, 4.69) is 19.9 Å². The molecule has 0 bridgehead atoms. The van der Waals surface area contributed by atoms with Crippen LogP contribution in [0.3, 0.4) is 0 Å². The Bertz CT molecular complexity index is 511. The molecule has 17 heavy (non-hydrogen) atoms. The van der Waals surface area contributed by atoms with Gasteiger partial charge in [-0.15, -0.1) is 0 Å². The molecule has 0 heterocycles. The number of benzene rings is 1. The summed E-state index contributed by atoms with van der Waals surface area (Å²) in [5.74, 6) is 0.343. The average molecular weight is 254 g/mol. The summed E-state index contributed by atoms with van der Waals surface area (Å²) in [6.07, 6.45) is 0. The van der Waals surface area contributed by atoms with E-state index in [9.17, 15) is 8.42 Å². The molecule has 0 saturated heterocycles. The molecule has 1 rings (SSSR count). The molecular weight excluding hydrogens is 232 g/mol. The summed E-state index contributed by atoms with van der Waals surface area (Å²) in [5.41, 5.74) is 3.02. The molecule has 0 saturated carbocycles. The summed E-state index contributed by atoms with van der Waals surface area (Å²) >= 11 is 0. The second-order valence-electron chi connectivity index (χ2n) is 5.21. The third kappa shape index (κ3) is 2.71. The van der Waals surface area contributed by atoms with Gasteiger partial charge < -0.3 is 0 Å². The van der Waals surface area contributed by atoms with Gasteiger partial charge in [0.15, 0.2) is 9.84 Å². The fourth-order valence-corrected chi connectivity index (χ4v) is 3.13. The van der Waals surface area contributed by atoms with Crippen LogP contribution in [0.15, 0.2) is 17.0 Å². The fourth-order valence-electron chi connectivity index (χ4n) is 1.74. The Morgan fingerprint density at radius 1 is 1.00 bits per heavy atom. The molecule has 0 unspecified atom stereocenters. The molecule has 3 heteroatoms. The summed E-state index contributed by atoms with van der Waals surface area (Å²) in [7, 11) is -3.19. The third-order valence-corrected chi connectivity index (χ3v) is 5.51. The zero-order valence-corrected chi connectivity index (χ0v) is 12.4. The van der Waals surface area contributed by atoms with E-state index in [1.165, 1.54) is 0 Å². The lowest BCUT2D eigenvalue weighted by Gasteiger charge is -2.16. The minimum absolute atomic E-state index is 0.343. The Hall–Kier alpha value is -0.830. The van der Waals surface area contributed by atoms with Gasteiger partial charge in [0, 0.05) is 0 Å². The molecule has 0 aliphatic rings. The lowest BCUT2D eigenvalue weighted by Crippen LogP contribution is -2.16. The van der Waals surface area contributed by atoms with Gasteiger partial charge in [0.1, 0.15) is 0 Å². The zero-order chi connectivity index (χ0) is 13.4. The van der Waals surface area contributed by atoms with E-state index < -0.39 is 9.84 Å². The highest BCUT2D eigenvalue weighted by atomic mass is 32.2. The smallest absolute Gasteiger partial charge is 0.180 e. The molecule has 0 amide bonds. The van der Waals surface area contributed by atoms with Crippen molar-refractivity contribution in [1.82, 2.24) is 0 Å². The maximum Gasteiger partial charge on any atom is 0.180 e. The molecule has 0 spiro atoms. The van der Waals surface area contributed by atoms with Gasteiger partial charge in [0.25, 0.3) is 0 Å². The average Bonchev–Trinajstić information content (AvgIpc) is 2.20. The lowest BCUT2D eigenvalue weighted by atomic mass is 9.98. The second kappa shape index (κ2) is 4.81. The second-order valence-corrected chi connectivity index (χ2v) is 7.68. The van der Waals surface area contributed by atoms with E-state index in [1.807, 2.05) is 19.9 Å². The first-order valence-corrected chi connectivity index (χ1v) is 7.57. The lowest BCUT2D eigenvalue weighted by molar-refractivity contribution is 0.586. The molecule has 96 valence electrons. The molecule has 0 radical (unpaired) electrons. The van der Waals surface area contributed by atoms with E-state index in [0.717, 1.165) is 16.7 Å². The van der Waals surface area contributed by atoms with Crippen molar-refractivity contribution in [1.29, 1.82) is 0 Å². The van der Waals surface area contributed by atoms with Gasteiger partial charge in [-0.1, -0.05) is 19.9 Å². The van der Waals surface area contributed by atoms with E-state index in [0.29, 0.717) is 10.8 Å². The van der Waals surface area contributed by atoms with Gasteiger partial charge in [0.2, 0.25) is 0 Å². The normalized spacial score (nSPS) is 12.5. The summed E-state index contributed by atoms with van der Waals surface area (Å²) in [5, 5.41) is -0.372. The van der Waals surface area contributed by atoms with Gasteiger partial charge in [-0.3, -0.25) is 0 Å². The van der Waals surface area contributed by atoms with Gasteiger partial charge >= 0.3 is 0 Å². The van der Waals surface area contributed by atoms with Crippen LogP contribution in [0.4, 0.5) is 0 Å². The standard InChI is InChI=1S/C14H22O2S/c1-9(2)13-7-11(5)12(6)14(8-13)17(15,16)10(3)4/h7-10H,1-6H3. The molecular formula is C14H22O2S. The van der Waals surface area contributed by atoms with E-state index >= 15 is 0 Å². The molecule has 0 atom stereocenters. The van der Waals surface area contributed by atoms with Crippen LogP contribution < -0.4 is 0 Å². The van der Waals surface area contributed by atoms with Crippen molar-refractivity contribution in [2.45, 2.75) is 57.6 Å². The van der Waals surface area contributed by atoms with Crippen molar-refractivity contribution in [3.8, 4) is 0 Å². The van der Waals surface area contributed by atoms with Gasteiger partial charge in [-0.2, -0.15) is 0 Å². The van der Waals surface area contributed by atoms with Crippen LogP contribution in [0.1, 0.15) is 50.3 Å². The van der Waals surface area contributed by atoms with Gasteiger partial charge in [-0.25, -0.2) is 8.42 Å². The Morgan fingerprint density at radius 3 is 1.94 bits per heavy atom. The highest BCUT2D eigenvalue weighted by Gasteiger charge is 2.23. The molecule has 0 aromatic heterocycles. The topological polar surface area (TPSA) is 34.1 Å². The highest BCUT2D eigenvalue weighted by molar-refractivity contribution is 7.92. The Morgan fingerprint density at radius 2 is 1.53 bits per heavy atom. The Balaban J connectivity index is 3.54. The maximum atomic E-state index is 12.3. The number of hydrogen-bond donors (Lipinski definition) is 0. The number of rotatable bonds is 3. The van der Waals surface area contributed by atoms with Crippen LogP contribution in [-0.2, 0) is 9.84 Å². The van der Waals surface area contributed by atoms with Crippen molar-refractivity contribution in [2.24, 2.45) is 0 Å². The Labute approximate surface area is 105 Å². The van der Waals surface area contributed by atoms with Crippen LogP contribution in [0, 0.1) is 13.8 Å². The minimum atomic E-state index is -3.19. The van der Waals surface area contributed by atoms with Gasteiger partial charge in [-0.05, 0) is 56.4 Å². The predicted molar refractivity (Wildman–Crippen MR) is 72.3 cm³/mol. The summed E-state index contributed by atoms with van der Waals surface area (Å²) < 4.78 is 24.6. The molecule has 2 nitrogen and oxygen atoms in total. The summed E-state index contributed by atoms with van der Waals surface area (Å²) in [6.45, 7) is 11.5. The van der Waals surface area contributed by atoms with Crippen molar-refractivity contribution >= 4 is 9.84 Å². The highest BCUT2D eigenvalue weighted by Crippen LogP contribution is 2.27. The monoisotopic (exact) mass is 254 g/mol. The van der Waals surface area contributed by atoms with Crippen LogP contribution in [-0.4, -0.2) is 13.7 Å². The quantitative estimate of drug-likeness (QED) is 0.825. The fraction of sp³-hybridized carbons (Fsp3) is 0.571. The first-order chi connectivity index (χ1) is 7.67. The SMILES string of the molecule is Cc1cc(C(C)C)cc(S(=O)(=O)C(C)C)c1C. The van der Waals surface area contributed by atoms with Crippen molar-refractivity contribution in [3.05, 3.63) is 28.8 Å². The first kappa shape index (κ1) is 14.2. The van der Waals surface area contributed by atoms with Crippen molar-refractivity contribution in [2.75, 3.05) is 0 Å². The zero-order valence-electron chi connectivity index (χ0n) is 11.5. The molecule has 1 aromatic rings. The minimum Gasteiger partial charge on any atom is -0.223 e. The molecule has 0 fully saturated rings. The molecule has 0 aliphatic heterocycles. The van der Waals surface area contributed by atoms with Gasteiger partial charge in [0.05, 0.1) is 10.1 Å². The van der Waals surface area contributed by atoms with Crippen molar-refractivity contribution < 1.29 is 8.42 Å². The largest absolute Gasteiger partial charge is 0.223 e. The van der Waals surface area contributed by atoms with Crippen molar-refractivity contribution in [3.63, 3.8) is 0 Å². The van der Waals surface area contributed by atoms with Crippen LogP contribution in [0.2, 0.25) is 0 Å². The van der Waals surface area contributed by atoms with E-state index in [4.69, 9.17) is 0 Å². The predicted octanol–water partition coefficient (Wildman–Crippen LogP) is 3.61. The number of sulfone groups is 1. The number of aryl methyl sites for hydroxylation is 1. The van der Waals surface area contributed by atoms with Crippen LogP contribution in [0.25, 0.3) is 0 Å². The maximum absolute atomic E-state index is 12.3. The molecule has 0 aliphatic carbocycles. The summed E-state index contributed by atoms with van der Waals surface area (Å²) in [4.78, 5) is 0.496. The third-order valence-electron chi connectivity index (χ3n) is 3.24. The molecule has 1 aromatic carbocycles. The van der Waals surface area contributed by atoms with E-state index in [-0.39, 0.29) is 5.25 Å². The summed E-state index contributed by atoms with van der Waals surface area (Å²) in [6, 6.07) is 3.92. The first-order valence-electron chi connectivity index (χ1n) is 6.03. The van der Waals surface area contributed by atoms with E-state index in [1.54, 1.807) is 13.8 Å². The van der Waals surface area contributed by atoms with Crippen LogP contribution in [0.5, 0.6) is 0 Å². The molecule has 0 N–H and O–H groups in total. The Kier molecular flexibility index (Phi) is 4.03.